The minimum atomic E-state index is -1.03. The van der Waals surface area contributed by atoms with Crippen molar-refractivity contribution in [2.75, 3.05) is 6.54 Å². The standard InChI is InChI=1S/C42H73NO5/c1-3-5-7-9-11-13-14-15-16-17-18-19-20-21-22-23-25-27-33-37-42(47)48-39(34-30-26-24-12-10-8-6-4-2)35-31-28-29-32-36-40(44)43-38-41(45)46/h6,8,12,15-16,24,30,34,39H,3-5,7,9-11,13-14,17-23,25-29,31-33,35-38H2,1-2H3,(H,43,44)(H,45,46)/b8-6-,16-15-,24-12-,34-30-. The molecule has 0 aromatic carbocycles. The lowest BCUT2D eigenvalue weighted by atomic mass is 10.1. The van der Waals surface area contributed by atoms with Gasteiger partial charge in [0.25, 0.3) is 0 Å². The van der Waals surface area contributed by atoms with Crippen LogP contribution in [0.3, 0.4) is 0 Å². The van der Waals surface area contributed by atoms with Gasteiger partial charge >= 0.3 is 11.9 Å². The van der Waals surface area contributed by atoms with Gasteiger partial charge in [-0.25, -0.2) is 0 Å². The molecule has 276 valence electrons. The van der Waals surface area contributed by atoms with E-state index >= 15 is 0 Å². The molecule has 0 saturated heterocycles. The molecule has 0 aromatic rings. The maximum absolute atomic E-state index is 12.6. The number of carbonyl (C=O) groups excluding carboxylic acids is 2. The molecule has 0 heterocycles. The van der Waals surface area contributed by atoms with Gasteiger partial charge in [-0.1, -0.05) is 146 Å². The van der Waals surface area contributed by atoms with Crippen LogP contribution < -0.4 is 5.32 Å². The van der Waals surface area contributed by atoms with Crippen LogP contribution in [0.15, 0.2) is 48.6 Å². The van der Waals surface area contributed by atoms with Gasteiger partial charge in [-0.3, -0.25) is 14.4 Å². The Morgan fingerprint density at radius 2 is 1.08 bits per heavy atom. The van der Waals surface area contributed by atoms with Crippen molar-refractivity contribution in [3.05, 3.63) is 48.6 Å². The van der Waals surface area contributed by atoms with Gasteiger partial charge in [0.1, 0.15) is 12.6 Å². The van der Waals surface area contributed by atoms with E-state index in [0.717, 1.165) is 64.2 Å². The van der Waals surface area contributed by atoms with Crippen molar-refractivity contribution in [3.8, 4) is 0 Å². The molecular formula is C42H73NO5. The maximum Gasteiger partial charge on any atom is 0.322 e. The average Bonchev–Trinajstić information content (AvgIpc) is 3.07. The largest absolute Gasteiger partial charge is 0.480 e. The summed E-state index contributed by atoms with van der Waals surface area (Å²) in [5.41, 5.74) is 0. The molecule has 0 spiro atoms. The van der Waals surface area contributed by atoms with Crippen molar-refractivity contribution in [1.29, 1.82) is 0 Å². The van der Waals surface area contributed by atoms with Crippen molar-refractivity contribution in [2.45, 2.75) is 193 Å². The third-order valence-corrected chi connectivity index (χ3v) is 8.47. The molecule has 0 aromatic heterocycles. The number of allylic oxidation sites excluding steroid dienone is 7. The van der Waals surface area contributed by atoms with Crippen molar-refractivity contribution in [2.24, 2.45) is 0 Å². The second-order valence-electron chi connectivity index (χ2n) is 13.2. The minimum Gasteiger partial charge on any atom is -0.480 e. The number of rotatable bonds is 35. The number of unbranched alkanes of at least 4 members (excludes halogenated alkanes) is 18. The summed E-state index contributed by atoms with van der Waals surface area (Å²) in [7, 11) is 0. The monoisotopic (exact) mass is 672 g/mol. The first-order chi connectivity index (χ1) is 23.5. The summed E-state index contributed by atoms with van der Waals surface area (Å²) in [5.74, 6) is -1.37. The molecule has 1 atom stereocenters. The van der Waals surface area contributed by atoms with Crippen molar-refractivity contribution in [1.82, 2.24) is 5.32 Å². The molecule has 0 fully saturated rings. The van der Waals surface area contributed by atoms with Gasteiger partial charge in [-0.05, 0) is 76.7 Å². The number of amides is 1. The number of hydrogen-bond acceptors (Lipinski definition) is 4. The highest BCUT2D eigenvalue weighted by Gasteiger charge is 2.12. The molecule has 6 heteroatoms. The van der Waals surface area contributed by atoms with E-state index in [-0.39, 0.29) is 24.5 Å². The molecule has 0 bridgehead atoms. The zero-order valence-corrected chi connectivity index (χ0v) is 31.1. The molecule has 0 radical (unpaired) electrons. The number of aliphatic carboxylic acids is 1. The first-order valence-electron chi connectivity index (χ1n) is 19.8. The molecule has 0 rings (SSSR count). The molecule has 1 unspecified atom stereocenters. The Kier molecular flexibility index (Phi) is 35.2. The van der Waals surface area contributed by atoms with Crippen LogP contribution in [0.1, 0.15) is 187 Å². The van der Waals surface area contributed by atoms with E-state index in [1.165, 1.54) is 96.3 Å². The third kappa shape index (κ3) is 36.2. The summed E-state index contributed by atoms with van der Waals surface area (Å²) in [6.45, 7) is 4.07. The molecule has 0 saturated carbocycles. The van der Waals surface area contributed by atoms with E-state index in [9.17, 15) is 14.4 Å². The second kappa shape index (κ2) is 37.2. The van der Waals surface area contributed by atoms with E-state index in [4.69, 9.17) is 9.84 Å². The first kappa shape index (κ1) is 45.4. The zero-order chi connectivity index (χ0) is 35.2. The van der Waals surface area contributed by atoms with Crippen LogP contribution in [0.4, 0.5) is 0 Å². The fourth-order valence-electron chi connectivity index (χ4n) is 5.56. The van der Waals surface area contributed by atoms with Gasteiger partial charge < -0.3 is 15.2 Å². The Morgan fingerprint density at radius 3 is 1.67 bits per heavy atom. The maximum atomic E-state index is 12.6. The van der Waals surface area contributed by atoms with Gasteiger partial charge in [0.15, 0.2) is 0 Å². The number of esters is 1. The van der Waals surface area contributed by atoms with E-state index in [1.54, 1.807) is 0 Å². The van der Waals surface area contributed by atoms with Gasteiger partial charge in [-0.2, -0.15) is 0 Å². The molecular weight excluding hydrogens is 598 g/mol. The van der Waals surface area contributed by atoms with E-state index in [1.807, 2.05) is 6.08 Å². The van der Waals surface area contributed by atoms with Gasteiger partial charge in [-0.15, -0.1) is 0 Å². The predicted molar refractivity (Wildman–Crippen MR) is 203 cm³/mol. The number of carboxylic acids is 1. The Balaban J connectivity index is 4.08. The predicted octanol–water partition coefficient (Wildman–Crippen LogP) is 11.9. The highest BCUT2D eigenvalue weighted by Crippen LogP contribution is 2.15. The zero-order valence-electron chi connectivity index (χ0n) is 31.1. The van der Waals surface area contributed by atoms with Crippen LogP contribution in [0.25, 0.3) is 0 Å². The molecule has 6 nitrogen and oxygen atoms in total. The number of nitrogens with one attached hydrogen (secondary N) is 1. The summed E-state index contributed by atoms with van der Waals surface area (Å²) >= 11 is 0. The fraction of sp³-hybridized carbons (Fsp3) is 0.738. The van der Waals surface area contributed by atoms with Gasteiger partial charge in [0.2, 0.25) is 5.91 Å². The Labute approximate surface area is 295 Å². The summed E-state index contributed by atoms with van der Waals surface area (Å²) in [4.78, 5) is 34.9. The summed E-state index contributed by atoms with van der Waals surface area (Å²) in [5, 5.41) is 11.1. The topological polar surface area (TPSA) is 92.7 Å². The summed E-state index contributed by atoms with van der Waals surface area (Å²) < 4.78 is 5.86. The highest BCUT2D eigenvalue weighted by atomic mass is 16.5. The third-order valence-electron chi connectivity index (χ3n) is 8.47. The van der Waals surface area contributed by atoms with Gasteiger partial charge in [0, 0.05) is 12.8 Å². The smallest absolute Gasteiger partial charge is 0.322 e. The van der Waals surface area contributed by atoms with Crippen molar-refractivity contribution < 1.29 is 24.2 Å². The van der Waals surface area contributed by atoms with E-state index in [0.29, 0.717) is 12.8 Å². The van der Waals surface area contributed by atoms with Crippen molar-refractivity contribution in [3.63, 3.8) is 0 Å². The molecule has 0 aliphatic rings. The number of carboxylic acid groups (broad SMARTS) is 1. The van der Waals surface area contributed by atoms with E-state index < -0.39 is 5.97 Å². The van der Waals surface area contributed by atoms with Crippen LogP contribution in [-0.2, 0) is 19.1 Å². The van der Waals surface area contributed by atoms with Crippen LogP contribution in [0, 0.1) is 0 Å². The summed E-state index contributed by atoms with van der Waals surface area (Å²) in [6.07, 6.45) is 46.9. The minimum absolute atomic E-state index is 0.110. The lowest BCUT2D eigenvalue weighted by Gasteiger charge is -2.14. The lowest BCUT2D eigenvalue weighted by Crippen LogP contribution is -2.28. The molecule has 0 aliphatic heterocycles. The fourth-order valence-corrected chi connectivity index (χ4v) is 5.56. The van der Waals surface area contributed by atoms with Crippen LogP contribution in [0.5, 0.6) is 0 Å². The first-order valence-corrected chi connectivity index (χ1v) is 19.8. The quantitative estimate of drug-likeness (QED) is 0.0397. The Bertz CT molecular complexity index is 875. The normalized spacial score (nSPS) is 12.5. The highest BCUT2D eigenvalue weighted by molar-refractivity contribution is 5.80. The van der Waals surface area contributed by atoms with Gasteiger partial charge in [0.05, 0.1) is 0 Å². The van der Waals surface area contributed by atoms with Crippen molar-refractivity contribution >= 4 is 17.8 Å². The molecule has 0 aliphatic carbocycles. The van der Waals surface area contributed by atoms with Crippen LogP contribution in [-0.4, -0.2) is 35.6 Å². The van der Waals surface area contributed by atoms with Crippen LogP contribution in [0.2, 0.25) is 0 Å². The molecule has 48 heavy (non-hydrogen) atoms. The number of carbonyl (C=O) groups is 3. The van der Waals surface area contributed by atoms with E-state index in [2.05, 4.69) is 61.7 Å². The number of hydrogen-bond donors (Lipinski definition) is 2. The SMILES string of the molecule is CC/C=C\C/C=C\C/C=C\C(CCCCCCC(=O)NCC(=O)O)OC(=O)CCCCCCCCCCC/C=C\CCCCCCCC. The second-order valence-corrected chi connectivity index (χ2v) is 13.2. The summed E-state index contributed by atoms with van der Waals surface area (Å²) in [6, 6.07) is 0. The van der Waals surface area contributed by atoms with Crippen LogP contribution >= 0.6 is 0 Å². The molecule has 1 amide bonds. The average molecular weight is 672 g/mol. The number of ether oxygens (including phenoxy) is 1. The Hall–Kier alpha value is -2.63. The Morgan fingerprint density at radius 1 is 0.583 bits per heavy atom. The molecule has 2 N–H and O–H groups in total. The lowest BCUT2D eigenvalue weighted by molar-refractivity contribution is -0.147.